The average Bonchev–Trinajstić information content (AvgIpc) is 2.94. The van der Waals surface area contributed by atoms with Crippen molar-refractivity contribution in [2.75, 3.05) is 0 Å². The number of hydrogen-bond donors (Lipinski definition) is 1. The summed E-state index contributed by atoms with van der Waals surface area (Å²) >= 11 is 0. The quantitative estimate of drug-likeness (QED) is 0.836. The molecule has 1 N–H and O–H groups in total. The lowest BCUT2D eigenvalue weighted by molar-refractivity contribution is 0.0446. The van der Waals surface area contributed by atoms with Crippen LogP contribution in [0.4, 0.5) is 8.78 Å². The monoisotopic (exact) mass is 226 g/mol. The minimum absolute atomic E-state index is 0.174. The van der Waals surface area contributed by atoms with Gasteiger partial charge in [0.2, 0.25) is 0 Å². The molecule has 1 aliphatic rings. The average molecular weight is 226 g/mol. The molecule has 1 atom stereocenters. The summed E-state index contributed by atoms with van der Waals surface area (Å²) < 4.78 is 26.3. The van der Waals surface area contributed by atoms with Gasteiger partial charge in [-0.25, -0.2) is 8.78 Å². The highest BCUT2D eigenvalue weighted by Crippen LogP contribution is 2.37. The fourth-order valence-corrected chi connectivity index (χ4v) is 2.11. The Morgan fingerprint density at radius 1 is 1.38 bits per heavy atom. The van der Waals surface area contributed by atoms with E-state index in [9.17, 15) is 13.9 Å². The van der Waals surface area contributed by atoms with E-state index in [1.165, 1.54) is 0 Å². The number of benzene rings is 1. The van der Waals surface area contributed by atoms with Crippen LogP contribution in [0.15, 0.2) is 18.2 Å². The van der Waals surface area contributed by atoms with Gasteiger partial charge in [0.25, 0.3) is 0 Å². The molecule has 0 bridgehead atoms. The number of hydrogen-bond acceptors (Lipinski definition) is 1. The van der Waals surface area contributed by atoms with Crippen molar-refractivity contribution in [1.82, 2.24) is 0 Å². The van der Waals surface area contributed by atoms with Crippen molar-refractivity contribution >= 4 is 0 Å². The van der Waals surface area contributed by atoms with Gasteiger partial charge in [-0.1, -0.05) is 12.8 Å². The molecule has 88 valence electrons. The van der Waals surface area contributed by atoms with E-state index >= 15 is 0 Å². The third-order valence-electron chi connectivity index (χ3n) is 3.00. The van der Waals surface area contributed by atoms with E-state index < -0.39 is 17.2 Å². The molecule has 0 radical (unpaired) electrons. The second-order valence-electron chi connectivity index (χ2n) is 5.06. The zero-order chi connectivity index (χ0) is 11.8. The van der Waals surface area contributed by atoms with Gasteiger partial charge in [-0.3, -0.25) is 0 Å². The van der Waals surface area contributed by atoms with Gasteiger partial charge in [0, 0.05) is 6.42 Å². The Kier molecular flexibility index (Phi) is 2.98. The molecule has 3 heteroatoms. The number of aliphatic hydroxyl groups is 1. The van der Waals surface area contributed by atoms with Gasteiger partial charge in [-0.05, 0) is 43.0 Å². The van der Waals surface area contributed by atoms with Gasteiger partial charge in [-0.15, -0.1) is 0 Å². The first-order chi connectivity index (χ1) is 7.46. The molecule has 1 saturated carbocycles. The van der Waals surface area contributed by atoms with Crippen LogP contribution in [0.2, 0.25) is 0 Å². The molecular weight excluding hydrogens is 210 g/mol. The molecule has 0 aliphatic heterocycles. The van der Waals surface area contributed by atoms with E-state index in [1.807, 2.05) is 0 Å². The van der Waals surface area contributed by atoms with Crippen molar-refractivity contribution < 1.29 is 13.9 Å². The minimum atomic E-state index is -0.935. The van der Waals surface area contributed by atoms with Crippen LogP contribution in [0.1, 0.15) is 31.7 Å². The smallest absolute Gasteiger partial charge is 0.126 e. The van der Waals surface area contributed by atoms with E-state index in [2.05, 4.69) is 0 Å². The molecule has 0 aromatic heterocycles. The Hall–Kier alpha value is -0.960. The van der Waals surface area contributed by atoms with Gasteiger partial charge in [0.05, 0.1) is 5.60 Å². The van der Waals surface area contributed by atoms with Crippen molar-refractivity contribution in [2.45, 2.75) is 38.2 Å². The van der Waals surface area contributed by atoms with Crippen LogP contribution in [0.3, 0.4) is 0 Å². The summed E-state index contributed by atoms with van der Waals surface area (Å²) in [6, 6.07) is 3.36. The zero-order valence-electron chi connectivity index (χ0n) is 9.34. The molecule has 1 nitrogen and oxygen atoms in total. The second kappa shape index (κ2) is 4.13. The van der Waals surface area contributed by atoms with E-state index in [0.29, 0.717) is 12.3 Å². The maximum atomic E-state index is 13.4. The van der Waals surface area contributed by atoms with Crippen LogP contribution in [0, 0.1) is 17.6 Å². The second-order valence-corrected chi connectivity index (χ2v) is 5.06. The lowest BCUT2D eigenvalue weighted by Gasteiger charge is -2.23. The van der Waals surface area contributed by atoms with Crippen LogP contribution >= 0.6 is 0 Å². The minimum Gasteiger partial charge on any atom is -0.390 e. The van der Waals surface area contributed by atoms with Gasteiger partial charge >= 0.3 is 0 Å². The molecule has 0 spiro atoms. The highest BCUT2D eigenvalue weighted by molar-refractivity contribution is 5.20. The Labute approximate surface area is 94.1 Å². The first-order valence-corrected chi connectivity index (χ1v) is 5.63. The summed E-state index contributed by atoms with van der Waals surface area (Å²) in [4.78, 5) is 0. The SMILES string of the molecule is CC(O)(Cc1cc(F)ccc1F)CC1CC1. The molecular formula is C13H16F2O. The predicted molar refractivity (Wildman–Crippen MR) is 58.0 cm³/mol. The van der Waals surface area contributed by atoms with Crippen LogP contribution < -0.4 is 0 Å². The molecule has 1 aromatic carbocycles. The summed E-state index contributed by atoms with van der Waals surface area (Å²) in [5.74, 6) is -0.345. The van der Waals surface area contributed by atoms with Gasteiger partial charge < -0.3 is 5.11 Å². The highest BCUT2D eigenvalue weighted by Gasteiger charge is 2.32. The van der Waals surface area contributed by atoms with Gasteiger partial charge in [0.1, 0.15) is 11.6 Å². The highest BCUT2D eigenvalue weighted by atomic mass is 19.1. The molecule has 16 heavy (non-hydrogen) atoms. The van der Waals surface area contributed by atoms with Crippen molar-refractivity contribution in [3.63, 3.8) is 0 Å². The largest absolute Gasteiger partial charge is 0.390 e. The van der Waals surface area contributed by atoms with Gasteiger partial charge in [0.15, 0.2) is 0 Å². The third kappa shape index (κ3) is 3.01. The fourth-order valence-electron chi connectivity index (χ4n) is 2.11. The maximum absolute atomic E-state index is 13.4. The normalized spacial score (nSPS) is 19.5. The third-order valence-corrected chi connectivity index (χ3v) is 3.00. The van der Waals surface area contributed by atoms with Crippen LogP contribution in [0.25, 0.3) is 0 Å². The molecule has 2 rings (SSSR count). The van der Waals surface area contributed by atoms with Crippen molar-refractivity contribution in [2.24, 2.45) is 5.92 Å². The van der Waals surface area contributed by atoms with Crippen LogP contribution in [0.5, 0.6) is 0 Å². The Bertz CT molecular complexity index is 384. The molecule has 0 saturated heterocycles. The molecule has 1 aromatic rings. The first kappa shape index (κ1) is 11.5. The Balaban J connectivity index is 2.08. The summed E-state index contributed by atoms with van der Waals surface area (Å²) in [5, 5.41) is 10.1. The predicted octanol–water partition coefficient (Wildman–Crippen LogP) is 3.06. The zero-order valence-corrected chi connectivity index (χ0v) is 9.34. The molecule has 0 heterocycles. The standard InChI is InChI=1S/C13H16F2O/c1-13(16,7-9-2-3-9)8-10-6-11(14)4-5-12(10)15/h4-6,9,16H,2-3,7-8H2,1H3. The van der Waals surface area contributed by atoms with E-state index in [0.717, 1.165) is 31.0 Å². The lowest BCUT2D eigenvalue weighted by Crippen LogP contribution is -2.28. The Morgan fingerprint density at radius 2 is 2.06 bits per heavy atom. The number of halogens is 2. The summed E-state index contributed by atoms with van der Waals surface area (Å²) in [7, 11) is 0. The maximum Gasteiger partial charge on any atom is 0.126 e. The van der Waals surface area contributed by atoms with Crippen molar-refractivity contribution in [3.05, 3.63) is 35.4 Å². The van der Waals surface area contributed by atoms with E-state index in [1.54, 1.807) is 6.92 Å². The number of rotatable bonds is 4. The molecule has 1 aliphatic carbocycles. The summed E-state index contributed by atoms with van der Waals surface area (Å²) in [6.45, 7) is 1.69. The molecule has 1 unspecified atom stereocenters. The van der Waals surface area contributed by atoms with Crippen LogP contribution in [-0.2, 0) is 6.42 Å². The summed E-state index contributed by atoms with van der Waals surface area (Å²) in [5.41, 5.74) is -0.679. The van der Waals surface area contributed by atoms with Crippen molar-refractivity contribution in [1.29, 1.82) is 0 Å². The molecule has 1 fully saturated rings. The van der Waals surface area contributed by atoms with Gasteiger partial charge in [-0.2, -0.15) is 0 Å². The van der Waals surface area contributed by atoms with Crippen molar-refractivity contribution in [3.8, 4) is 0 Å². The molecule has 0 amide bonds. The van der Waals surface area contributed by atoms with Crippen LogP contribution in [-0.4, -0.2) is 10.7 Å². The topological polar surface area (TPSA) is 20.2 Å². The van der Waals surface area contributed by atoms with E-state index in [-0.39, 0.29) is 12.0 Å². The summed E-state index contributed by atoms with van der Waals surface area (Å²) in [6.07, 6.45) is 3.12. The first-order valence-electron chi connectivity index (χ1n) is 5.63. The lowest BCUT2D eigenvalue weighted by atomic mass is 9.91. The fraction of sp³-hybridized carbons (Fsp3) is 0.538. The Morgan fingerprint density at radius 3 is 2.69 bits per heavy atom. The van der Waals surface area contributed by atoms with E-state index in [4.69, 9.17) is 0 Å².